The number of aromatic carboxylic acids is 1. The molecule has 0 aliphatic carbocycles. The van der Waals surface area contributed by atoms with E-state index < -0.39 is 5.97 Å². The third-order valence-electron chi connectivity index (χ3n) is 1.97. The van der Waals surface area contributed by atoms with E-state index in [2.05, 4.69) is 15.5 Å². The van der Waals surface area contributed by atoms with E-state index in [9.17, 15) is 9.90 Å². The van der Waals surface area contributed by atoms with E-state index >= 15 is 0 Å². The lowest BCUT2D eigenvalue weighted by Gasteiger charge is -2.05. The first-order chi connectivity index (χ1) is 7.72. The lowest BCUT2D eigenvalue weighted by molar-refractivity contribution is -0.255. The van der Waals surface area contributed by atoms with Crippen LogP contribution in [0.1, 0.15) is 10.4 Å². The van der Waals surface area contributed by atoms with E-state index in [4.69, 9.17) is 0 Å². The molecule has 16 heavy (non-hydrogen) atoms. The largest absolute Gasteiger partial charge is 0.545 e. The number of tetrazole rings is 1. The Balaban J connectivity index is 2.38. The second-order valence-corrected chi connectivity index (χ2v) is 3.69. The summed E-state index contributed by atoms with van der Waals surface area (Å²) in [7, 11) is 0. The number of rotatable bonds is 3. The van der Waals surface area contributed by atoms with Crippen LogP contribution >= 0.6 is 11.8 Å². The summed E-state index contributed by atoms with van der Waals surface area (Å²) in [6, 6.07) is 6.16. The van der Waals surface area contributed by atoms with Crippen LogP contribution in [0.5, 0.6) is 0 Å². The molecule has 0 aliphatic heterocycles. The molecule has 7 heteroatoms. The summed E-state index contributed by atoms with van der Waals surface area (Å²) in [5.74, 6) is -1.20. The van der Waals surface area contributed by atoms with Crippen molar-refractivity contribution in [2.75, 3.05) is 6.26 Å². The number of nitrogens with zero attached hydrogens (tertiary/aromatic N) is 4. The molecule has 2 aromatic rings. The number of carbonyl (C=O) groups is 1. The van der Waals surface area contributed by atoms with Crippen molar-refractivity contribution in [3.8, 4) is 5.69 Å². The van der Waals surface area contributed by atoms with Gasteiger partial charge in [-0.2, -0.15) is 4.68 Å². The van der Waals surface area contributed by atoms with E-state index in [-0.39, 0.29) is 5.56 Å². The average Bonchev–Trinajstić information content (AvgIpc) is 2.77. The molecule has 0 atom stereocenters. The van der Waals surface area contributed by atoms with Gasteiger partial charge in [0.2, 0.25) is 5.16 Å². The van der Waals surface area contributed by atoms with E-state index in [0.717, 1.165) is 0 Å². The Labute approximate surface area is 95.3 Å². The molecule has 0 aliphatic rings. The highest BCUT2D eigenvalue weighted by Gasteiger charge is 2.06. The summed E-state index contributed by atoms with van der Waals surface area (Å²) < 4.78 is 1.53. The summed E-state index contributed by atoms with van der Waals surface area (Å²) in [5, 5.41) is 22.3. The van der Waals surface area contributed by atoms with E-state index in [1.54, 1.807) is 12.1 Å². The first kappa shape index (κ1) is 10.6. The average molecular weight is 235 g/mol. The maximum Gasteiger partial charge on any atom is 0.213 e. The Kier molecular flexibility index (Phi) is 2.86. The number of benzene rings is 1. The van der Waals surface area contributed by atoms with Crippen LogP contribution in [0.4, 0.5) is 0 Å². The molecule has 0 N–H and O–H groups in total. The number of hydrogen-bond acceptors (Lipinski definition) is 6. The van der Waals surface area contributed by atoms with Crippen LogP contribution in [0.15, 0.2) is 29.4 Å². The van der Waals surface area contributed by atoms with Crippen LogP contribution in [0.25, 0.3) is 5.69 Å². The number of thioether (sulfide) groups is 1. The minimum atomic E-state index is -1.20. The Hall–Kier alpha value is -1.89. The molecule has 6 nitrogen and oxygen atoms in total. The molecule has 1 heterocycles. The Bertz CT molecular complexity index is 508. The molecule has 1 aromatic carbocycles. The van der Waals surface area contributed by atoms with Gasteiger partial charge in [-0.15, -0.1) is 5.10 Å². The number of carbonyl (C=O) groups excluding carboxylic acids is 1. The van der Waals surface area contributed by atoms with Gasteiger partial charge in [-0.25, -0.2) is 0 Å². The molecular formula is C9H7N4O2S-. The van der Waals surface area contributed by atoms with Gasteiger partial charge in [0, 0.05) is 0 Å². The maximum atomic E-state index is 10.6. The van der Waals surface area contributed by atoms with E-state index in [1.807, 2.05) is 6.26 Å². The zero-order chi connectivity index (χ0) is 11.5. The van der Waals surface area contributed by atoms with Crippen LogP contribution in [-0.2, 0) is 0 Å². The van der Waals surface area contributed by atoms with Crippen LogP contribution in [0.2, 0.25) is 0 Å². The summed E-state index contributed by atoms with van der Waals surface area (Å²) in [5.41, 5.74) is 0.835. The number of aromatic nitrogens is 4. The fourth-order valence-corrected chi connectivity index (χ4v) is 1.64. The summed E-state index contributed by atoms with van der Waals surface area (Å²) in [6.45, 7) is 0. The highest BCUT2D eigenvalue weighted by Crippen LogP contribution is 2.15. The third-order valence-corrected chi connectivity index (χ3v) is 2.59. The summed E-state index contributed by atoms with van der Waals surface area (Å²) in [4.78, 5) is 10.6. The van der Waals surface area contributed by atoms with Gasteiger partial charge >= 0.3 is 0 Å². The van der Waals surface area contributed by atoms with Gasteiger partial charge in [0.15, 0.2) is 0 Å². The number of carboxylic acid groups (broad SMARTS) is 1. The zero-order valence-electron chi connectivity index (χ0n) is 8.32. The first-order valence-corrected chi connectivity index (χ1v) is 5.59. The fourth-order valence-electron chi connectivity index (χ4n) is 1.21. The van der Waals surface area contributed by atoms with Crippen LogP contribution in [-0.4, -0.2) is 32.4 Å². The molecule has 0 spiro atoms. The molecule has 0 fully saturated rings. The zero-order valence-corrected chi connectivity index (χ0v) is 9.14. The second kappa shape index (κ2) is 4.31. The third kappa shape index (κ3) is 1.89. The van der Waals surface area contributed by atoms with Gasteiger partial charge in [0.1, 0.15) is 0 Å². The van der Waals surface area contributed by atoms with Gasteiger partial charge in [-0.3, -0.25) is 0 Å². The minimum absolute atomic E-state index is 0.127. The standard InChI is InChI=1S/C9H8N4O2S/c1-16-9-10-11-12-13(9)7-4-2-6(3-5-7)8(14)15/h2-5H,1H3,(H,14,15)/p-1. The lowest BCUT2D eigenvalue weighted by atomic mass is 10.2. The Morgan fingerprint density at radius 2 is 2.06 bits per heavy atom. The van der Waals surface area contributed by atoms with Crippen molar-refractivity contribution in [3.05, 3.63) is 29.8 Å². The topological polar surface area (TPSA) is 83.7 Å². The van der Waals surface area contributed by atoms with Crippen molar-refractivity contribution in [1.82, 2.24) is 20.2 Å². The summed E-state index contributed by atoms with van der Waals surface area (Å²) >= 11 is 1.41. The van der Waals surface area contributed by atoms with E-state index in [1.165, 1.54) is 28.6 Å². The molecule has 0 saturated carbocycles. The molecule has 0 saturated heterocycles. The van der Waals surface area contributed by atoms with Gasteiger partial charge in [0.25, 0.3) is 0 Å². The molecule has 1 aromatic heterocycles. The van der Waals surface area contributed by atoms with Gasteiger partial charge < -0.3 is 9.90 Å². The van der Waals surface area contributed by atoms with Crippen molar-refractivity contribution in [1.29, 1.82) is 0 Å². The van der Waals surface area contributed by atoms with Crippen LogP contribution < -0.4 is 5.11 Å². The van der Waals surface area contributed by atoms with Crippen molar-refractivity contribution in [2.45, 2.75) is 5.16 Å². The molecule has 0 bridgehead atoms. The first-order valence-electron chi connectivity index (χ1n) is 4.36. The molecule has 2 rings (SSSR count). The maximum absolute atomic E-state index is 10.6. The van der Waals surface area contributed by atoms with Crippen molar-refractivity contribution >= 4 is 17.7 Å². The van der Waals surface area contributed by atoms with Crippen LogP contribution in [0.3, 0.4) is 0 Å². The second-order valence-electron chi connectivity index (χ2n) is 2.91. The molecule has 0 amide bonds. The van der Waals surface area contributed by atoms with Gasteiger partial charge in [0.05, 0.1) is 11.7 Å². The van der Waals surface area contributed by atoms with E-state index in [0.29, 0.717) is 10.8 Å². The highest BCUT2D eigenvalue weighted by molar-refractivity contribution is 7.98. The lowest BCUT2D eigenvalue weighted by Crippen LogP contribution is -2.22. The minimum Gasteiger partial charge on any atom is -0.545 e. The highest BCUT2D eigenvalue weighted by atomic mass is 32.2. The SMILES string of the molecule is CSc1nnnn1-c1ccc(C(=O)[O-])cc1. The van der Waals surface area contributed by atoms with Crippen molar-refractivity contribution < 1.29 is 9.90 Å². The normalized spacial score (nSPS) is 10.3. The monoisotopic (exact) mass is 235 g/mol. The van der Waals surface area contributed by atoms with Crippen LogP contribution in [0, 0.1) is 0 Å². The quantitative estimate of drug-likeness (QED) is 0.682. The molecule has 82 valence electrons. The predicted octanol–water partition coefficient (Wildman–Crippen LogP) is -0.252. The Morgan fingerprint density at radius 3 is 2.62 bits per heavy atom. The van der Waals surface area contributed by atoms with Gasteiger partial charge in [-0.05, 0) is 34.4 Å². The van der Waals surface area contributed by atoms with Gasteiger partial charge in [-0.1, -0.05) is 23.9 Å². The fraction of sp³-hybridized carbons (Fsp3) is 0.111. The smallest absolute Gasteiger partial charge is 0.213 e. The molecular weight excluding hydrogens is 228 g/mol. The van der Waals surface area contributed by atoms with Crippen molar-refractivity contribution in [3.63, 3.8) is 0 Å². The summed E-state index contributed by atoms with van der Waals surface area (Å²) in [6.07, 6.45) is 1.86. The Morgan fingerprint density at radius 1 is 1.38 bits per heavy atom. The predicted molar refractivity (Wildman–Crippen MR) is 55.3 cm³/mol. The molecule has 0 radical (unpaired) electrons. The van der Waals surface area contributed by atoms with Crippen molar-refractivity contribution in [2.24, 2.45) is 0 Å². The number of hydrogen-bond donors (Lipinski definition) is 0. The number of carboxylic acids is 1. The molecule has 0 unspecified atom stereocenters.